The molecule has 1 saturated carbocycles. The normalized spacial score (nSPS) is 32.1. The van der Waals surface area contributed by atoms with Gasteiger partial charge in [0.05, 0.1) is 6.04 Å². The van der Waals surface area contributed by atoms with Crippen molar-refractivity contribution in [1.29, 1.82) is 0 Å². The molecule has 0 aromatic carbocycles. The van der Waals surface area contributed by atoms with Gasteiger partial charge in [-0.05, 0) is 37.0 Å². The lowest BCUT2D eigenvalue weighted by atomic mass is 10.0. The zero-order valence-corrected chi connectivity index (χ0v) is 8.84. The highest BCUT2D eigenvalue weighted by atomic mass is 15.2. The van der Waals surface area contributed by atoms with Gasteiger partial charge >= 0.3 is 0 Å². The third kappa shape index (κ3) is 1.66. The van der Waals surface area contributed by atoms with Gasteiger partial charge in [-0.1, -0.05) is 0 Å². The molecule has 0 amide bonds. The molecule has 1 aromatic rings. The maximum Gasteiger partial charge on any atom is 0.0503 e. The van der Waals surface area contributed by atoms with Gasteiger partial charge in [0.1, 0.15) is 0 Å². The molecule has 0 spiro atoms. The molecular formula is C12H17N3. The Kier molecular flexibility index (Phi) is 2.22. The van der Waals surface area contributed by atoms with E-state index in [0.29, 0.717) is 12.1 Å². The highest BCUT2D eigenvalue weighted by Crippen LogP contribution is 2.39. The van der Waals surface area contributed by atoms with Gasteiger partial charge in [-0.3, -0.25) is 9.88 Å². The number of nitrogens with two attached hydrogens (primary N) is 1. The van der Waals surface area contributed by atoms with E-state index >= 15 is 0 Å². The number of pyridine rings is 1. The van der Waals surface area contributed by atoms with Crippen LogP contribution in [-0.2, 0) is 0 Å². The Morgan fingerprint density at radius 1 is 1.20 bits per heavy atom. The van der Waals surface area contributed by atoms with Crippen LogP contribution in [-0.4, -0.2) is 28.5 Å². The standard InChI is InChI=1S/C12H17N3/c13-11-5-8-15(10-1-2-10)12(11)9-3-6-14-7-4-9/h3-4,6-7,10-12H,1-2,5,8,13H2. The first-order chi connectivity index (χ1) is 7.36. The fourth-order valence-electron chi connectivity index (χ4n) is 2.66. The van der Waals surface area contributed by atoms with E-state index < -0.39 is 0 Å². The molecule has 2 aliphatic rings. The lowest BCUT2D eigenvalue weighted by molar-refractivity contribution is 0.237. The van der Waals surface area contributed by atoms with Crippen molar-refractivity contribution in [3.8, 4) is 0 Å². The molecule has 0 bridgehead atoms. The molecule has 2 heterocycles. The minimum atomic E-state index is 0.299. The Hall–Kier alpha value is -0.930. The Morgan fingerprint density at radius 3 is 2.60 bits per heavy atom. The molecule has 2 atom stereocenters. The second-order valence-electron chi connectivity index (χ2n) is 4.65. The number of hydrogen-bond donors (Lipinski definition) is 1. The van der Waals surface area contributed by atoms with Crippen LogP contribution in [0.1, 0.15) is 30.9 Å². The summed E-state index contributed by atoms with van der Waals surface area (Å²) in [5, 5.41) is 0. The van der Waals surface area contributed by atoms with Crippen LogP contribution < -0.4 is 5.73 Å². The van der Waals surface area contributed by atoms with Crippen molar-refractivity contribution in [1.82, 2.24) is 9.88 Å². The first kappa shape index (κ1) is 9.31. The van der Waals surface area contributed by atoms with Crippen LogP contribution in [0.2, 0.25) is 0 Å². The average Bonchev–Trinajstić information content (AvgIpc) is 3.04. The first-order valence-corrected chi connectivity index (χ1v) is 5.77. The van der Waals surface area contributed by atoms with Gasteiger partial charge in [-0.15, -0.1) is 0 Å². The van der Waals surface area contributed by atoms with Crippen LogP contribution in [0.3, 0.4) is 0 Å². The van der Waals surface area contributed by atoms with Crippen molar-refractivity contribution in [2.45, 2.75) is 37.4 Å². The molecule has 1 aliphatic heterocycles. The summed E-state index contributed by atoms with van der Waals surface area (Å²) in [7, 11) is 0. The van der Waals surface area contributed by atoms with Crippen LogP contribution >= 0.6 is 0 Å². The summed E-state index contributed by atoms with van der Waals surface area (Å²) < 4.78 is 0. The highest BCUT2D eigenvalue weighted by molar-refractivity contribution is 5.20. The molecule has 1 aliphatic carbocycles. The lowest BCUT2D eigenvalue weighted by Crippen LogP contribution is -2.33. The minimum Gasteiger partial charge on any atom is -0.326 e. The minimum absolute atomic E-state index is 0.299. The number of rotatable bonds is 2. The molecule has 3 heteroatoms. The predicted octanol–water partition coefficient (Wildman–Crippen LogP) is 1.32. The molecule has 3 rings (SSSR count). The largest absolute Gasteiger partial charge is 0.326 e. The molecule has 2 N–H and O–H groups in total. The Balaban J connectivity index is 1.88. The highest BCUT2D eigenvalue weighted by Gasteiger charge is 2.41. The zero-order valence-electron chi connectivity index (χ0n) is 8.84. The number of nitrogens with zero attached hydrogens (tertiary/aromatic N) is 2. The third-order valence-corrected chi connectivity index (χ3v) is 3.55. The molecule has 0 radical (unpaired) electrons. The number of likely N-dealkylation sites (tertiary alicyclic amines) is 1. The molecule has 1 saturated heterocycles. The number of aromatic nitrogens is 1. The molecule has 15 heavy (non-hydrogen) atoms. The second kappa shape index (κ2) is 3.58. The van der Waals surface area contributed by atoms with Gasteiger partial charge < -0.3 is 5.73 Å². The van der Waals surface area contributed by atoms with E-state index in [1.54, 1.807) is 0 Å². The van der Waals surface area contributed by atoms with E-state index in [0.717, 1.165) is 12.5 Å². The SMILES string of the molecule is NC1CCN(C2CC2)C1c1ccncc1. The summed E-state index contributed by atoms with van der Waals surface area (Å²) in [5.41, 5.74) is 7.54. The Labute approximate surface area is 90.3 Å². The fourth-order valence-corrected chi connectivity index (χ4v) is 2.66. The van der Waals surface area contributed by atoms with Crippen molar-refractivity contribution < 1.29 is 0 Å². The molecule has 80 valence electrons. The molecule has 2 unspecified atom stereocenters. The zero-order chi connectivity index (χ0) is 10.3. The summed E-state index contributed by atoms with van der Waals surface area (Å²) in [6, 6.07) is 5.74. The van der Waals surface area contributed by atoms with Crippen molar-refractivity contribution >= 4 is 0 Å². The summed E-state index contributed by atoms with van der Waals surface area (Å²) in [4.78, 5) is 6.65. The van der Waals surface area contributed by atoms with Crippen molar-refractivity contribution in [3.63, 3.8) is 0 Å². The van der Waals surface area contributed by atoms with E-state index in [1.165, 1.54) is 24.9 Å². The van der Waals surface area contributed by atoms with E-state index in [2.05, 4.69) is 22.0 Å². The third-order valence-electron chi connectivity index (χ3n) is 3.55. The molecule has 3 nitrogen and oxygen atoms in total. The fraction of sp³-hybridized carbons (Fsp3) is 0.583. The Bertz CT molecular complexity index is 334. The first-order valence-electron chi connectivity index (χ1n) is 5.77. The van der Waals surface area contributed by atoms with E-state index in [9.17, 15) is 0 Å². The van der Waals surface area contributed by atoms with Crippen LogP contribution in [0.4, 0.5) is 0 Å². The molecule has 2 fully saturated rings. The topological polar surface area (TPSA) is 42.1 Å². The van der Waals surface area contributed by atoms with Gasteiger partial charge in [-0.25, -0.2) is 0 Å². The van der Waals surface area contributed by atoms with Crippen LogP contribution in [0.15, 0.2) is 24.5 Å². The monoisotopic (exact) mass is 203 g/mol. The molecular weight excluding hydrogens is 186 g/mol. The van der Waals surface area contributed by atoms with E-state index in [1.807, 2.05) is 12.4 Å². The van der Waals surface area contributed by atoms with Crippen molar-refractivity contribution in [3.05, 3.63) is 30.1 Å². The summed E-state index contributed by atoms with van der Waals surface area (Å²) in [6.07, 6.45) is 7.57. The van der Waals surface area contributed by atoms with Gasteiger partial charge in [0.2, 0.25) is 0 Å². The van der Waals surface area contributed by atoms with Gasteiger partial charge in [0.25, 0.3) is 0 Å². The van der Waals surface area contributed by atoms with Crippen LogP contribution in [0, 0.1) is 0 Å². The smallest absolute Gasteiger partial charge is 0.0503 e. The molecule has 1 aromatic heterocycles. The maximum atomic E-state index is 6.20. The Morgan fingerprint density at radius 2 is 1.93 bits per heavy atom. The van der Waals surface area contributed by atoms with Crippen molar-refractivity contribution in [2.24, 2.45) is 5.73 Å². The summed E-state index contributed by atoms with van der Waals surface area (Å²) in [6.45, 7) is 1.17. The van der Waals surface area contributed by atoms with Gasteiger partial charge in [-0.2, -0.15) is 0 Å². The predicted molar refractivity (Wildman–Crippen MR) is 59.3 cm³/mol. The van der Waals surface area contributed by atoms with E-state index in [-0.39, 0.29) is 0 Å². The van der Waals surface area contributed by atoms with Gasteiger partial charge in [0.15, 0.2) is 0 Å². The summed E-state index contributed by atoms with van der Waals surface area (Å²) >= 11 is 0. The average molecular weight is 203 g/mol. The van der Waals surface area contributed by atoms with Crippen LogP contribution in [0.25, 0.3) is 0 Å². The second-order valence-corrected chi connectivity index (χ2v) is 4.65. The lowest BCUT2D eigenvalue weighted by Gasteiger charge is -2.26. The quantitative estimate of drug-likeness (QED) is 0.788. The van der Waals surface area contributed by atoms with Crippen molar-refractivity contribution in [2.75, 3.05) is 6.54 Å². The number of hydrogen-bond acceptors (Lipinski definition) is 3. The van der Waals surface area contributed by atoms with Gasteiger partial charge in [0, 0.05) is 31.0 Å². The summed E-state index contributed by atoms with van der Waals surface area (Å²) in [5.74, 6) is 0. The van der Waals surface area contributed by atoms with Crippen LogP contribution in [0.5, 0.6) is 0 Å². The van der Waals surface area contributed by atoms with E-state index in [4.69, 9.17) is 5.73 Å². The maximum absolute atomic E-state index is 6.20.